The number of carbonyl (C=O) groups is 1. The molecule has 2 N–H and O–H groups in total. The molecule has 0 aliphatic heterocycles. The van der Waals surface area contributed by atoms with Crippen LogP contribution in [0, 0.1) is 11.6 Å². The number of halogens is 2. The van der Waals surface area contributed by atoms with Crippen LogP contribution in [0.4, 0.5) is 14.5 Å². The normalized spacial score (nSPS) is 10.4. The summed E-state index contributed by atoms with van der Waals surface area (Å²) in [6.07, 6.45) is 1.41. The van der Waals surface area contributed by atoms with Crippen molar-refractivity contribution in [1.29, 1.82) is 0 Å². The average molecular weight is 310 g/mol. The smallest absolute Gasteiger partial charge is 0.340 e. The van der Waals surface area contributed by atoms with E-state index in [1.54, 1.807) is 6.92 Å². The molecular formula is C14H12F2N2O2S. The van der Waals surface area contributed by atoms with Crippen molar-refractivity contribution in [2.75, 3.05) is 12.3 Å². The zero-order chi connectivity index (χ0) is 15.4. The van der Waals surface area contributed by atoms with Crippen molar-refractivity contribution in [1.82, 2.24) is 4.98 Å². The van der Waals surface area contributed by atoms with Gasteiger partial charge < -0.3 is 10.5 Å². The Hall–Kier alpha value is -2.15. The maximum Gasteiger partial charge on any atom is 0.340 e. The first-order valence-corrected chi connectivity index (χ1v) is 6.89. The standard InChI is InChI=1S/C14H12F2N2O2S/c1-2-20-14(19)9-5-6-18-13(12(9)17)21-8-3-4-10(15)11(16)7-8/h3-7H,2,17H2,1H3. The molecule has 0 saturated carbocycles. The number of esters is 1. The molecular weight excluding hydrogens is 298 g/mol. The fourth-order valence-corrected chi connectivity index (χ4v) is 2.43. The van der Waals surface area contributed by atoms with E-state index in [0.717, 1.165) is 23.9 Å². The molecule has 110 valence electrons. The molecule has 0 radical (unpaired) electrons. The summed E-state index contributed by atoms with van der Waals surface area (Å²) in [4.78, 5) is 16.2. The Morgan fingerprint density at radius 1 is 1.33 bits per heavy atom. The molecule has 0 bridgehead atoms. The van der Waals surface area contributed by atoms with Gasteiger partial charge in [-0.05, 0) is 31.2 Å². The number of anilines is 1. The minimum absolute atomic E-state index is 0.144. The van der Waals surface area contributed by atoms with Crippen LogP contribution in [-0.2, 0) is 4.74 Å². The molecule has 1 heterocycles. The molecule has 0 aliphatic rings. The molecule has 0 fully saturated rings. The van der Waals surface area contributed by atoms with Gasteiger partial charge >= 0.3 is 5.97 Å². The topological polar surface area (TPSA) is 65.2 Å². The number of hydrogen-bond donors (Lipinski definition) is 1. The van der Waals surface area contributed by atoms with E-state index in [-0.39, 0.29) is 17.9 Å². The molecule has 0 amide bonds. The van der Waals surface area contributed by atoms with Crippen LogP contribution in [0.25, 0.3) is 0 Å². The van der Waals surface area contributed by atoms with E-state index in [0.29, 0.717) is 9.92 Å². The van der Waals surface area contributed by atoms with Gasteiger partial charge in [-0.25, -0.2) is 18.6 Å². The number of pyridine rings is 1. The number of rotatable bonds is 4. The molecule has 0 spiro atoms. The Bertz CT molecular complexity index is 680. The van der Waals surface area contributed by atoms with E-state index < -0.39 is 17.6 Å². The summed E-state index contributed by atoms with van der Waals surface area (Å²) in [6, 6.07) is 4.91. The third-order valence-corrected chi connectivity index (χ3v) is 3.56. The summed E-state index contributed by atoms with van der Waals surface area (Å²) in [6.45, 7) is 1.92. The highest BCUT2D eigenvalue weighted by Crippen LogP contribution is 2.32. The van der Waals surface area contributed by atoms with Crippen LogP contribution in [-0.4, -0.2) is 17.6 Å². The molecule has 0 atom stereocenters. The van der Waals surface area contributed by atoms with Gasteiger partial charge in [0.2, 0.25) is 0 Å². The number of aromatic nitrogens is 1. The van der Waals surface area contributed by atoms with Crippen molar-refractivity contribution in [3.8, 4) is 0 Å². The van der Waals surface area contributed by atoms with E-state index >= 15 is 0 Å². The average Bonchev–Trinajstić information content (AvgIpc) is 2.45. The second-order valence-electron chi connectivity index (χ2n) is 3.98. The van der Waals surface area contributed by atoms with Crippen molar-refractivity contribution in [3.05, 3.63) is 47.7 Å². The summed E-state index contributed by atoms with van der Waals surface area (Å²) >= 11 is 1.04. The molecule has 1 aromatic carbocycles. The van der Waals surface area contributed by atoms with Crippen LogP contribution < -0.4 is 5.73 Å². The maximum absolute atomic E-state index is 13.2. The number of benzene rings is 1. The lowest BCUT2D eigenvalue weighted by Crippen LogP contribution is -2.09. The number of carbonyl (C=O) groups excluding carboxylic acids is 1. The van der Waals surface area contributed by atoms with Crippen LogP contribution >= 0.6 is 11.8 Å². The Kier molecular flexibility index (Phi) is 4.74. The maximum atomic E-state index is 13.2. The summed E-state index contributed by atoms with van der Waals surface area (Å²) < 4.78 is 30.9. The first-order valence-electron chi connectivity index (χ1n) is 6.07. The lowest BCUT2D eigenvalue weighted by atomic mass is 10.2. The van der Waals surface area contributed by atoms with Crippen molar-refractivity contribution in [2.45, 2.75) is 16.8 Å². The first-order chi connectivity index (χ1) is 10.0. The van der Waals surface area contributed by atoms with Gasteiger partial charge in [0, 0.05) is 11.1 Å². The van der Waals surface area contributed by atoms with Crippen molar-refractivity contribution in [2.24, 2.45) is 0 Å². The summed E-state index contributed by atoms with van der Waals surface area (Å²) in [7, 11) is 0. The molecule has 21 heavy (non-hydrogen) atoms. The number of nitrogen functional groups attached to an aromatic ring is 1. The quantitative estimate of drug-likeness (QED) is 0.878. The number of hydrogen-bond acceptors (Lipinski definition) is 5. The fourth-order valence-electron chi connectivity index (χ4n) is 1.57. The number of nitrogens with two attached hydrogens (primary N) is 1. The predicted molar refractivity (Wildman–Crippen MR) is 75.1 cm³/mol. The van der Waals surface area contributed by atoms with Crippen LogP contribution in [0.5, 0.6) is 0 Å². The number of nitrogens with zero attached hydrogens (tertiary/aromatic N) is 1. The van der Waals surface area contributed by atoms with Crippen molar-refractivity contribution >= 4 is 23.4 Å². The summed E-state index contributed by atoms with van der Waals surface area (Å²) in [5.41, 5.74) is 6.21. The highest BCUT2D eigenvalue weighted by molar-refractivity contribution is 7.99. The third kappa shape index (κ3) is 3.49. The van der Waals surface area contributed by atoms with Crippen LogP contribution in [0.15, 0.2) is 40.4 Å². The second kappa shape index (κ2) is 6.53. The number of ether oxygens (including phenoxy) is 1. The van der Waals surface area contributed by atoms with E-state index in [4.69, 9.17) is 10.5 Å². The van der Waals surface area contributed by atoms with Gasteiger partial charge in [-0.1, -0.05) is 11.8 Å². The molecule has 7 heteroatoms. The molecule has 0 unspecified atom stereocenters. The predicted octanol–water partition coefficient (Wildman–Crippen LogP) is 3.27. The van der Waals surface area contributed by atoms with E-state index in [1.165, 1.54) is 18.3 Å². The van der Waals surface area contributed by atoms with Gasteiger partial charge in [-0.3, -0.25) is 0 Å². The molecule has 2 aromatic rings. The zero-order valence-electron chi connectivity index (χ0n) is 11.1. The summed E-state index contributed by atoms with van der Waals surface area (Å²) in [5.74, 6) is -2.44. The largest absolute Gasteiger partial charge is 0.462 e. The van der Waals surface area contributed by atoms with Gasteiger partial charge in [0.25, 0.3) is 0 Å². The van der Waals surface area contributed by atoms with Crippen LogP contribution in [0.1, 0.15) is 17.3 Å². The van der Waals surface area contributed by atoms with Gasteiger partial charge in [0.1, 0.15) is 5.03 Å². The van der Waals surface area contributed by atoms with Gasteiger partial charge in [-0.15, -0.1) is 0 Å². The van der Waals surface area contributed by atoms with Crippen molar-refractivity contribution < 1.29 is 18.3 Å². The molecule has 1 aromatic heterocycles. The first kappa shape index (κ1) is 15.2. The molecule has 2 rings (SSSR count). The second-order valence-corrected chi connectivity index (χ2v) is 5.04. The van der Waals surface area contributed by atoms with E-state index in [1.807, 2.05) is 0 Å². The van der Waals surface area contributed by atoms with Gasteiger partial charge in [0.05, 0.1) is 17.9 Å². The van der Waals surface area contributed by atoms with Crippen molar-refractivity contribution in [3.63, 3.8) is 0 Å². The SMILES string of the molecule is CCOC(=O)c1ccnc(Sc2ccc(F)c(F)c2)c1N. The molecule has 0 aliphatic carbocycles. The highest BCUT2D eigenvalue weighted by Gasteiger charge is 2.15. The lowest BCUT2D eigenvalue weighted by Gasteiger charge is -2.09. The Balaban J connectivity index is 2.30. The zero-order valence-corrected chi connectivity index (χ0v) is 11.9. The third-order valence-electron chi connectivity index (χ3n) is 2.55. The van der Waals surface area contributed by atoms with Crippen LogP contribution in [0.3, 0.4) is 0 Å². The van der Waals surface area contributed by atoms with E-state index in [2.05, 4.69) is 4.98 Å². The highest BCUT2D eigenvalue weighted by atomic mass is 32.2. The fraction of sp³-hybridized carbons (Fsp3) is 0.143. The van der Waals surface area contributed by atoms with Gasteiger partial charge in [-0.2, -0.15) is 0 Å². The minimum Gasteiger partial charge on any atom is -0.462 e. The van der Waals surface area contributed by atoms with Gasteiger partial charge in [0.15, 0.2) is 11.6 Å². The lowest BCUT2D eigenvalue weighted by molar-refractivity contribution is 0.0527. The molecule has 0 saturated heterocycles. The Morgan fingerprint density at radius 3 is 2.76 bits per heavy atom. The Morgan fingerprint density at radius 2 is 2.10 bits per heavy atom. The minimum atomic E-state index is -0.958. The van der Waals surface area contributed by atoms with E-state index in [9.17, 15) is 13.6 Å². The monoisotopic (exact) mass is 310 g/mol. The summed E-state index contributed by atoms with van der Waals surface area (Å²) in [5, 5.41) is 0.326. The Labute approximate surface area is 124 Å². The molecule has 4 nitrogen and oxygen atoms in total. The van der Waals surface area contributed by atoms with Crippen LogP contribution in [0.2, 0.25) is 0 Å².